The van der Waals surface area contributed by atoms with E-state index in [-0.39, 0.29) is 18.6 Å². The molecule has 0 aromatic heterocycles. The number of nitrogens with one attached hydrogen (secondary N) is 1. The summed E-state index contributed by atoms with van der Waals surface area (Å²) in [5.41, 5.74) is -0.440. The van der Waals surface area contributed by atoms with E-state index in [1.807, 2.05) is 13.8 Å². The van der Waals surface area contributed by atoms with Crippen LogP contribution in [0.5, 0.6) is 0 Å². The molecule has 4 nitrogen and oxygen atoms in total. The van der Waals surface area contributed by atoms with Gasteiger partial charge in [0.25, 0.3) is 0 Å². The average Bonchev–Trinajstić information content (AvgIpc) is 2.44. The maximum atomic E-state index is 11.9. The van der Waals surface area contributed by atoms with Crippen molar-refractivity contribution in [1.29, 1.82) is 0 Å². The van der Waals surface area contributed by atoms with Gasteiger partial charge in [-0.15, -0.1) is 0 Å². The standard InChI is InChI=1S/C14H27NO3/c1-3-14(4-2,11-16)15-13(17)9-8-12-7-5-6-10-18-12/h12,16H,3-11H2,1-2H3,(H,15,17). The Morgan fingerprint density at radius 2 is 2.11 bits per heavy atom. The van der Waals surface area contributed by atoms with Crippen LogP contribution in [0.1, 0.15) is 58.8 Å². The fourth-order valence-corrected chi connectivity index (χ4v) is 2.38. The summed E-state index contributed by atoms with van der Waals surface area (Å²) >= 11 is 0. The lowest BCUT2D eigenvalue weighted by Crippen LogP contribution is -2.50. The topological polar surface area (TPSA) is 58.6 Å². The van der Waals surface area contributed by atoms with Crippen LogP contribution >= 0.6 is 0 Å². The first-order chi connectivity index (χ1) is 8.65. The predicted molar refractivity (Wildman–Crippen MR) is 71.4 cm³/mol. The van der Waals surface area contributed by atoms with E-state index in [0.29, 0.717) is 6.42 Å². The molecule has 1 rings (SSSR count). The van der Waals surface area contributed by atoms with Gasteiger partial charge in [-0.2, -0.15) is 0 Å². The van der Waals surface area contributed by atoms with Gasteiger partial charge in [-0.3, -0.25) is 4.79 Å². The molecule has 1 aliphatic rings. The van der Waals surface area contributed by atoms with Crippen LogP contribution in [0.3, 0.4) is 0 Å². The molecule has 1 aliphatic heterocycles. The van der Waals surface area contributed by atoms with Crippen LogP contribution in [0, 0.1) is 0 Å². The first-order valence-corrected chi connectivity index (χ1v) is 7.19. The minimum atomic E-state index is -0.440. The molecule has 0 bridgehead atoms. The summed E-state index contributed by atoms with van der Waals surface area (Å²) in [7, 11) is 0. The number of hydrogen-bond acceptors (Lipinski definition) is 3. The molecule has 1 saturated heterocycles. The third kappa shape index (κ3) is 4.58. The van der Waals surface area contributed by atoms with Crippen LogP contribution in [-0.4, -0.2) is 35.9 Å². The lowest BCUT2D eigenvalue weighted by molar-refractivity contribution is -0.124. The van der Waals surface area contributed by atoms with Crippen LogP contribution in [0.15, 0.2) is 0 Å². The van der Waals surface area contributed by atoms with Gasteiger partial charge < -0.3 is 15.2 Å². The van der Waals surface area contributed by atoms with Crippen molar-refractivity contribution in [3.05, 3.63) is 0 Å². The summed E-state index contributed by atoms with van der Waals surface area (Å²) in [6.07, 6.45) is 6.46. The Labute approximate surface area is 110 Å². The van der Waals surface area contributed by atoms with E-state index < -0.39 is 5.54 Å². The maximum absolute atomic E-state index is 11.9. The fourth-order valence-electron chi connectivity index (χ4n) is 2.38. The number of hydrogen-bond donors (Lipinski definition) is 2. The third-order valence-electron chi connectivity index (χ3n) is 4.03. The van der Waals surface area contributed by atoms with Crippen LogP contribution < -0.4 is 5.32 Å². The molecular weight excluding hydrogens is 230 g/mol. The Hall–Kier alpha value is -0.610. The Bertz CT molecular complexity index is 237. The van der Waals surface area contributed by atoms with Gasteiger partial charge in [-0.1, -0.05) is 13.8 Å². The first kappa shape index (κ1) is 15.4. The zero-order chi connectivity index (χ0) is 13.4. The highest BCUT2D eigenvalue weighted by molar-refractivity contribution is 5.76. The van der Waals surface area contributed by atoms with Crippen LogP contribution in [-0.2, 0) is 9.53 Å². The van der Waals surface area contributed by atoms with Gasteiger partial charge in [-0.25, -0.2) is 0 Å². The predicted octanol–water partition coefficient (Wildman–Crippen LogP) is 2.00. The van der Waals surface area contributed by atoms with E-state index in [2.05, 4.69) is 5.32 Å². The Balaban J connectivity index is 2.31. The summed E-state index contributed by atoms with van der Waals surface area (Å²) < 4.78 is 5.61. The molecule has 0 radical (unpaired) electrons. The molecule has 0 saturated carbocycles. The third-order valence-corrected chi connectivity index (χ3v) is 4.03. The monoisotopic (exact) mass is 257 g/mol. The summed E-state index contributed by atoms with van der Waals surface area (Å²) in [4.78, 5) is 11.9. The van der Waals surface area contributed by atoms with Crippen molar-refractivity contribution in [3.8, 4) is 0 Å². The Morgan fingerprint density at radius 1 is 1.39 bits per heavy atom. The lowest BCUT2D eigenvalue weighted by atomic mass is 9.93. The van der Waals surface area contributed by atoms with E-state index in [4.69, 9.17) is 4.74 Å². The van der Waals surface area contributed by atoms with E-state index in [0.717, 1.165) is 38.7 Å². The number of aliphatic hydroxyl groups excluding tert-OH is 1. The van der Waals surface area contributed by atoms with E-state index in [9.17, 15) is 9.90 Å². The first-order valence-electron chi connectivity index (χ1n) is 7.19. The Morgan fingerprint density at radius 3 is 2.61 bits per heavy atom. The maximum Gasteiger partial charge on any atom is 0.220 e. The van der Waals surface area contributed by atoms with Crippen molar-refractivity contribution >= 4 is 5.91 Å². The molecule has 0 spiro atoms. The van der Waals surface area contributed by atoms with E-state index >= 15 is 0 Å². The van der Waals surface area contributed by atoms with Gasteiger partial charge in [0.1, 0.15) is 0 Å². The van der Waals surface area contributed by atoms with Crippen LogP contribution in [0.4, 0.5) is 0 Å². The molecule has 1 fully saturated rings. The minimum absolute atomic E-state index is 0.00562. The van der Waals surface area contributed by atoms with Gasteiger partial charge in [-0.05, 0) is 38.5 Å². The number of rotatable bonds is 7. The van der Waals surface area contributed by atoms with Gasteiger partial charge in [0.05, 0.1) is 18.2 Å². The lowest BCUT2D eigenvalue weighted by Gasteiger charge is -2.31. The second kappa shape index (κ2) is 7.74. The summed E-state index contributed by atoms with van der Waals surface area (Å²) in [6, 6.07) is 0. The van der Waals surface area contributed by atoms with Crippen molar-refractivity contribution < 1.29 is 14.6 Å². The molecule has 106 valence electrons. The molecule has 1 heterocycles. The van der Waals surface area contributed by atoms with E-state index in [1.165, 1.54) is 6.42 Å². The second-order valence-corrected chi connectivity index (χ2v) is 5.22. The molecule has 1 atom stereocenters. The summed E-state index contributed by atoms with van der Waals surface area (Å²) in [5, 5.41) is 12.4. The molecular formula is C14H27NO3. The van der Waals surface area contributed by atoms with Gasteiger partial charge in [0, 0.05) is 13.0 Å². The number of aliphatic hydroxyl groups is 1. The quantitative estimate of drug-likeness (QED) is 0.733. The molecule has 1 unspecified atom stereocenters. The summed E-state index contributed by atoms with van der Waals surface area (Å²) in [6.45, 7) is 4.82. The normalized spacial score (nSPS) is 20.7. The number of ether oxygens (including phenoxy) is 1. The van der Waals surface area contributed by atoms with Crippen molar-refractivity contribution in [2.24, 2.45) is 0 Å². The average molecular weight is 257 g/mol. The highest BCUT2D eigenvalue weighted by Crippen LogP contribution is 2.18. The SMILES string of the molecule is CCC(CC)(CO)NC(=O)CCC1CCCCO1. The van der Waals surface area contributed by atoms with Crippen molar-refractivity contribution in [2.45, 2.75) is 70.4 Å². The molecule has 0 aromatic rings. The molecule has 18 heavy (non-hydrogen) atoms. The summed E-state index contributed by atoms with van der Waals surface area (Å²) in [5.74, 6) is 0.0296. The van der Waals surface area contributed by atoms with E-state index in [1.54, 1.807) is 0 Å². The number of carbonyl (C=O) groups excluding carboxylic acids is 1. The fraction of sp³-hybridized carbons (Fsp3) is 0.929. The smallest absolute Gasteiger partial charge is 0.220 e. The molecule has 0 aromatic carbocycles. The number of carbonyl (C=O) groups is 1. The minimum Gasteiger partial charge on any atom is -0.394 e. The molecule has 1 amide bonds. The zero-order valence-electron chi connectivity index (χ0n) is 11.7. The van der Waals surface area contributed by atoms with Crippen LogP contribution in [0.2, 0.25) is 0 Å². The van der Waals surface area contributed by atoms with Crippen molar-refractivity contribution in [3.63, 3.8) is 0 Å². The van der Waals surface area contributed by atoms with Crippen molar-refractivity contribution in [1.82, 2.24) is 5.32 Å². The molecule has 0 aliphatic carbocycles. The second-order valence-electron chi connectivity index (χ2n) is 5.22. The highest BCUT2D eigenvalue weighted by Gasteiger charge is 2.27. The van der Waals surface area contributed by atoms with Gasteiger partial charge >= 0.3 is 0 Å². The van der Waals surface area contributed by atoms with Gasteiger partial charge in [0.15, 0.2) is 0 Å². The number of amides is 1. The van der Waals surface area contributed by atoms with Crippen molar-refractivity contribution in [2.75, 3.05) is 13.2 Å². The molecule has 2 N–H and O–H groups in total. The van der Waals surface area contributed by atoms with Crippen LogP contribution in [0.25, 0.3) is 0 Å². The Kier molecular flexibility index (Phi) is 6.65. The molecule has 4 heteroatoms. The highest BCUT2D eigenvalue weighted by atomic mass is 16.5. The van der Waals surface area contributed by atoms with Gasteiger partial charge in [0.2, 0.25) is 5.91 Å². The zero-order valence-corrected chi connectivity index (χ0v) is 11.7. The largest absolute Gasteiger partial charge is 0.394 e.